The highest BCUT2D eigenvalue weighted by Gasteiger charge is 2.20. The summed E-state index contributed by atoms with van der Waals surface area (Å²) in [4.78, 5) is 11.0. The topological polar surface area (TPSA) is 69.6 Å². The Morgan fingerprint density at radius 3 is 2.86 bits per heavy atom. The van der Waals surface area contributed by atoms with E-state index in [-0.39, 0.29) is 0 Å². The van der Waals surface area contributed by atoms with Crippen molar-refractivity contribution in [2.45, 2.75) is 26.2 Å². The van der Waals surface area contributed by atoms with Crippen LogP contribution in [0.5, 0.6) is 0 Å². The summed E-state index contributed by atoms with van der Waals surface area (Å²) in [5.74, 6) is 1.12. The predicted molar refractivity (Wildman–Crippen MR) is 78.7 cm³/mol. The molecule has 3 aromatic rings. The average molecular weight is 298 g/mol. The number of hydrogen-bond donors (Lipinski definition) is 0. The van der Waals surface area contributed by atoms with Gasteiger partial charge in [-0.05, 0) is 0 Å². The average Bonchev–Trinajstić information content (AvgIpc) is 3.23. The molecular weight excluding hydrogens is 280 g/mol. The zero-order valence-electron chi connectivity index (χ0n) is 12.5. The van der Waals surface area contributed by atoms with Crippen LogP contribution < -0.4 is 0 Å². The Morgan fingerprint density at radius 2 is 2.09 bits per heavy atom. The second-order valence-corrected chi connectivity index (χ2v) is 5.64. The maximum Gasteiger partial charge on any atom is 0.137 e. The lowest BCUT2D eigenvalue weighted by Gasteiger charge is -2.28. The molecule has 0 radical (unpaired) electrons. The van der Waals surface area contributed by atoms with Crippen molar-refractivity contribution >= 4 is 0 Å². The van der Waals surface area contributed by atoms with Crippen molar-refractivity contribution in [1.82, 2.24) is 39.0 Å². The van der Waals surface area contributed by atoms with Gasteiger partial charge in [0.2, 0.25) is 0 Å². The molecule has 1 aliphatic heterocycles. The van der Waals surface area contributed by atoms with Crippen LogP contribution >= 0.6 is 0 Å². The van der Waals surface area contributed by atoms with Crippen molar-refractivity contribution in [3.8, 4) is 0 Å². The van der Waals surface area contributed by atoms with Gasteiger partial charge in [0.15, 0.2) is 0 Å². The second kappa shape index (κ2) is 5.38. The third kappa shape index (κ3) is 2.52. The van der Waals surface area contributed by atoms with E-state index in [9.17, 15) is 0 Å². The highest BCUT2D eigenvalue weighted by atomic mass is 15.3. The number of hydrogen-bond acceptors (Lipinski definition) is 5. The van der Waals surface area contributed by atoms with Crippen LogP contribution in [0.1, 0.15) is 17.1 Å². The fourth-order valence-corrected chi connectivity index (χ4v) is 2.93. The molecule has 1 aliphatic rings. The molecule has 0 fully saturated rings. The van der Waals surface area contributed by atoms with Crippen molar-refractivity contribution in [3.05, 3.63) is 48.3 Å². The fourth-order valence-electron chi connectivity index (χ4n) is 2.93. The van der Waals surface area contributed by atoms with Gasteiger partial charge >= 0.3 is 0 Å². The third-order valence-electron chi connectivity index (χ3n) is 3.98. The molecule has 0 saturated carbocycles. The zero-order chi connectivity index (χ0) is 14.9. The number of aromatic nitrogens is 7. The van der Waals surface area contributed by atoms with E-state index in [2.05, 4.69) is 35.8 Å². The summed E-state index contributed by atoms with van der Waals surface area (Å²) >= 11 is 0. The first-order valence-electron chi connectivity index (χ1n) is 7.33. The first kappa shape index (κ1) is 13.2. The molecule has 22 heavy (non-hydrogen) atoms. The number of nitrogens with zero attached hydrogens (tertiary/aromatic N) is 8. The van der Waals surface area contributed by atoms with Gasteiger partial charge in [0.05, 0.1) is 31.2 Å². The van der Waals surface area contributed by atoms with E-state index in [1.165, 1.54) is 11.3 Å². The van der Waals surface area contributed by atoms with Crippen LogP contribution in [0.4, 0.5) is 0 Å². The minimum atomic E-state index is 0.718. The summed E-state index contributed by atoms with van der Waals surface area (Å²) in [5, 5.41) is 8.38. The van der Waals surface area contributed by atoms with E-state index in [0.29, 0.717) is 0 Å². The van der Waals surface area contributed by atoms with Crippen LogP contribution in [0.15, 0.2) is 31.2 Å². The SMILES string of the molecule is Cn1cc(CN2CCn3c(Cn4cncn4)cnc3C2)cn1. The molecule has 0 saturated heterocycles. The van der Waals surface area contributed by atoms with Crippen LogP contribution in [0.25, 0.3) is 0 Å². The summed E-state index contributed by atoms with van der Waals surface area (Å²) < 4.78 is 5.96. The molecule has 0 atom stereocenters. The van der Waals surface area contributed by atoms with Crippen molar-refractivity contribution < 1.29 is 0 Å². The van der Waals surface area contributed by atoms with E-state index in [1.807, 2.05) is 28.8 Å². The first-order valence-corrected chi connectivity index (χ1v) is 7.33. The van der Waals surface area contributed by atoms with E-state index in [0.717, 1.165) is 38.5 Å². The quantitative estimate of drug-likeness (QED) is 0.691. The molecule has 3 aromatic heterocycles. The van der Waals surface area contributed by atoms with Crippen molar-refractivity contribution in [3.63, 3.8) is 0 Å². The van der Waals surface area contributed by atoms with E-state index in [1.54, 1.807) is 12.7 Å². The smallest absolute Gasteiger partial charge is 0.137 e. The largest absolute Gasteiger partial charge is 0.328 e. The summed E-state index contributed by atoms with van der Waals surface area (Å²) in [5.41, 5.74) is 2.42. The van der Waals surface area contributed by atoms with Crippen LogP contribution in [-0.2, 0) is 33.2 Å². The van der Waals surface area contributed by atoms with Crippen LogP contribution in [0.3, 0.4) is 0 Å². The Bertz CT molecular complexity index is 754. The molecular formula is C14H18N8. The molecule has 0 unspecified atom stereocenters. The molecule has 8 nitrogen and oxygen atoms in total. The molecule has 0 aliphatic carbocycles. The number of rotatable bonds is 4. The molecule has 8 heteroatoms. The summed E-state index contributed by atoms with van der Waals surface area (Å²) in [7, 11) is 1.95. The Morgan fingerprint density at radius 1 is 1.14 bits per heavy atom. The number of imidazole rings is 1. The van der Waals surface area contributed by atoms with Gasteiger partial charge in [0.25, 0.3) is 0 Å². The number of fused-ring (bicyclic) bond motifs is 1. The van der Waals surface area contributed by atoms with Gasteiger partial charge in [-0.25, -0.2) is 14.6 Å². The van der Waals surface area contributed by atoms with Crippen molar-refractivity contribution in [2.24, 2.45) is 7.05 Å². The standard InChI is InChI=1S/C14H18N8/c1-19-6-12(4-17-19)7-20-2-3-22-13(5-16-14(22)9-20)8-21-11-15-10-18-21/h4-6,10-11H,2-3,7-9H2,1H3. The normalized spacial score (nSPS) is 15.1. The Balaban J connectivity index is 1.46. The first-order chi connectivity index (χ1) is 10.8. The minimum Gasteiger partial charge on any atom is -0.328 e. The Hall–Kier alpha value is -2.48. The van der Waals surface area contributed by atoms with Gasteiger partial charge < -0.3 is 4.57 Å². The van der Waals surface area contributed by atoms with E-state index in [4.69, 9.17) is 0 Å². The summed E-state index contributed by atoms with van der Waals surface area (Å²) in [6.07, 6.45) is 9.24. The lowest BCUT2D eigenvalue weighted by atomic mass is 10.3. The van der Waals surface area contributed by atoms with Gasteiger partial charge in [-0.15, -0.1) is 0 Å². The minimum absolute atomic E-state index is 0.718. The predicted octanol–water partition coefficient (Wildman–Crippen LogP) is 0.272. The lowest BCUT2D eigenvalue weighted by molar-refractivity contribution is 0.207. The molecule has 0 spiro atoms. The molecule has 0 N–H and O–H groups in total. The molecule has 114 valence electrons. The summed E-state index contributed by atoms with van der Waals surface area (Å²) in [6.45, 7) is 4.48. The fraction of sp³-hybridized carbons (Fsp3) is 0.429. The van der Waals surface area contributed by atoms with Gasteiger partial charge in [-0.3, -0.25) is 9.58 Å². The molecule has 0 amide bonds. The van der Waals surface area contributed by atoms with Crippen LogP contribution in [0, 0.1) is 0 Å². The third-order valence-corrected chi connectivity index (χ3v) is 3.98. The van der Waals surface area contributed by atoms with Crippen LogP contribution in [0.2, 0.25) is 0 Å². The Labute approximate surface area is 128 Å². The van der Waals surface area contributed by atoms with Gasteiger partial charge in [-0.2, -0.15) is 10.2 Å². The molecule has 0 bridgehead atoms. The van der Waals surface area contributed by atoms with Crippen molar-refractivity contribution in [2.75, 3.05) is 6.54 Å². The molecule has 0 aromatic carbocycles. The van der Waals surface area contributed by atoms with E-state index < -0.39 is 0 Å². The monoisotopic (exact) mass is 298 g/mol. The summed E-state index contributed by atoms with van der Waals surface area (Å²) in [6, 6.07) is 0. The Kier molecular flexibility index (Phi) is 3.23. The zero-order valence-corrected chi connectivity index (χ0v) is 12.5. The van der Waals surface area contributed by atoms with Gasteiger partial charge in [0.1, 0.15) is 18.5 Å². The number of aryl methyl sites for hydroxylation is 1. The maximum absolute atomic E-state index is 4.57. The van der Waals surface area contributed by atoms with E-state index >= 15 is 0 Å². The molecule has 4 rings (SSSR count). The maximum atomic E-state index is 4.57. The second-order valence-electron chi connectivity index (χ2n) is 5.64. The van der Waals surface area contributed by atoms with Gasteiger partial charge in [0, 0.05) is 38.4 Å². The van der Waals surface area contributed by atoms with Gasteiger partial charge in [-0.1, -0.05) is 0 Å². The van der Waals surface area contributed by atoms with Crippen molar-refractivity contribution in [1.29, 1.82) is 0 Å². The van der Waals surface area contributed by atoms with Crippen LogP contribution in [-0.4, -0.2) is 45.5 Å². The molecule has 4 heterocycles. The lowest BCUT2D eigenvalue weighted by Crippen LogP contribution is -2.34. The highest BCUT2D eigenvalue weighted by Crippen LogP contribution is 2.17. The highest BCUT2D eigenvalue weighted by molar-refractivity contribution is 5.09.